The first-order valence-corrected chi connectivity index (χ1v) is 5.46. The summed E-state index contributed by atoms with van der Waals surface area (Å²) in [6.45, 7) is 0.387. The minimum atomic E-state index is -0.538. The van der Waals surface area contributed by atoms with Crippen molar-refractivity contribution in [3.05, 3.63) is 46.4 Å². The average molecular weight is 260 g/mol. The lowest BCUT2D eigenvalue weighted by Crippen LogP contribution is -2.20. The largest absolute Gasteiger partial charge is 0.368 e. The molecule has 0 spiro atoms. The molecule has 2 rings (SSSR count). The number of rotatable bonds is 4. The van der Waals surface area contributed by atoms with Gasteiger partial charge in [0.1, 0.15) is 6.20 Å². The van der Waals surface area contributed by atoms with E-state index in [1.807, 2.05) is 12.1 Å². The SMILES string of the molecule is CN(Cc1ccccn1)c1nc(N)ncc1[N+](=O)[O-]. The molecule has 0 saturated heterocycles. The summed E-state index contributed by atoms with van der Waals surface area (Å²) in [6.07, 6.45) is 2.76. The summed E-state index contributed by atoms with van der Waals surface area (Å²) in [5, 5.41) is 10.9. The second-order valence-electron chi connectivity index (χ2n) is 3.87. The standard InChI is InChI=1S/C11H12N6O2/c1-16(7-8-4-2-3-5-13-8)10-9(17(18)19)6-14-11(12)15-10/h2-6H,7H2,1H3,(H2,12,14,15). The van der Waals surface area contributed by atoms with Crippen molar-refractivity contribution in [2.75, 3.05) is 17.7 Å². The topological polar surface area (TPSA) is 111 Å². The summed E-state index contributed by atoms with van der Waals surface area (Å²) >= 11 is 0. The van der Waals surface area contributed by atoms with Gasteiger partial charge in [0, 0.05) is 13.2 Å². The monoisotopic (exact) mass is 260 g/mol. The van der Waals surface area contributed by atoms with Gasteiger partial charge in [-0.15, -0.1) is 0 Å². The van der Waals surface area contributed by atoms with Gasteiger partial charge in [-0.3, -0.25) is 15.1 Å². The van der Waals surface area contributed by atoms with Gasteiger partial charge in [0.15, 0.2) is 0 Å². The van der Waals surface area contributed by atoms with Gasteiger partial charge in [-0.2, -0.15) is 4.98 Å². The maximum atomic E-state index is 10.9. The molecule has 0 bridgehead atoms. The lowest BCUT2D eigenvalue weighted by Gasteiger charge is -2.17. The predicted molar refractivity (Wildman–Crippen MR) is 69.4 cm³/mol. The maximum absolute atomic E-state index is 10.9. The molecule has 0 radical (unpaired) electrons. The fraction of sp³-hybridized carbons (Fsp3) is 0.182. The number of nitrogens with zero attached hydrogens (tertiary/aromatic N) is 5. The Kier molecular flexibility index (Phi) is 3.51. The first-order chi connectivity index (χ1) is 9.08. The average Bonchev–Trinajstić information content (AvgIpc) is 2.39. The number of nitrogen functional groups attached to an aromatic ring is 1. The molecule has 19 heavy (non-hydrogen) atoms. The smallest absolute Gasteiger partial charge is 0.329 e. The Hall–Kier alpha value is -2.77. The van der Waals surface area contributed by atoms with Crippen LogP contribution in [0.2, 0.25) is 0 Å². The molecule has 0 aliphatic rings. The van der Waals surface area contributed by atoms with E-state index in [-0.39, 0.29) is 17.5 Å². The van der Waals surface area contributed by atoms with Crippen molar-refractivity contribution in [1.82, 2.24) is 15.0 Å². The molecule has 2 aromatic rings. The van der Waals surface area contributed by atoms with Crippen LogP contribution in [0.25, 0.3) is 0 Å². The van der Waals surface area contributed by atoms with Crippen LogP contribution in [-0.2, 0) is 6.54 Å². The molecule has 8 nitrogen and oxygen atoms in total. The summed E-state index contributed by atoms with van der Waals surface area (Å²) in [7, 11) is 1.68. The Bertz CT molecular complexity index is 589. The number of nitrogens with two attached hydrogens (primary N) is 1. The molecular formula is C11H12N6O2. The fourth-order valence-electron chi connectivity index (χ4n) is 1.60. The fourth-order valence-corrected chi connectivity index (χ4v) is 1.60. The van der Waals surface area contributed by atoms with Gasteiger partial charge in [0.05, 0.1) is 17.2 Å². The van der Waals surface area contributed by atoms with Crippen molar-refractivity contribution < 1.29 is 4.92 Å². The van der Waals surface area contributed by atoms with E-state index in [2.05, 4.69) is 15.0 Å². The molecule has 0 amide bonds. The third kappa shape index (κ3) is 2.92. The maximum Gasteiger partial charge on any atom is 0.329 e. The van der Waals surface area contributed by atoms with Crippen molar-refractivity contribution in [2.24, 2.45) is 0 Å². The lowest BCUT2D eigenvalue weighted by molar-refractivity contribution is -0.384. The van der Waals surface area contributed by atoms with Crippen LogP contribution in [-0.4, -0.2) is 26.9 Å². The highest BCUT2D eigenvalue weighted by atomic mass is 16.6. The van der Waals surface area contributed by atoms with Gasteiger partial charge in [-0.05, 0) is 12.1 Å². The van der Waals surface area contributed by atoms with Crippen LogP contribution in [0.3, 0.4) is 0 Å². The first kappa shape index (κ1) is 12.7. The summed E-state index contributed by atoms with van der Waals surface area (Å²) < 4.78 is 0. The van der Waals surface area contributed by atoms with Crippen molar-refractivity contribution in [3.8, 4) is 0 Å². The molecule has 0 saturated carbocycles. The predicted octanol–water partition coefficient (Wildman–Crippen LogP) is 0.998. The highest BCUT2D eigenvalue weighted by Gasteiger charge is 2.20. The van der Waals surface area contributed by atoms with E-state index in [9.17, 15) is 10.1 Å². The zero-order valence-corrected chi connectivity index (χ0v) is 10.2. The zero-order chi connectivity index (χ0) is 13.8. The van der Waals surface area contributed by atoms with Crippen molar-refractivity contribution in [1.29, 1.82) is 0 Å². The number of aromatic nitrogens is 3. The van der Waals surface area contributed by atoms with Gasteiger partial charge >= 0.3 is 5.69 Å². The van der Waals surface area contributed by atoms with E-state index in [0.717, 1.165) is 11.9 Å². The highest BCUT2D eigenvalue weighted by molar-refractivity contribution is 5.57. The minimum absolute atomic E-state index is 0.00605. The molecule has 2 N–H and O–H groups in total. The van der Waals surface area contributed by atoms with E-state index in [0.29, 0.717) is 6.54 Å². The molecule has 0 atom stereocenters. The van der Waals surface area contributed by atoms with Crippen molar-refractivity contribution >= 4 is 17.5 Å². The van der Waals surface area contributed by atoms with Crippen molar-refractivity contribution in [2.45, 2.75) is 6.54 Å². The number of anilines is 2. The van der Waals surface area contributed by atoms with E-state index in [1.54, 1.807) is 24.2 Å². The van der Waals surface area contributed by atoms with Crippen LogP contribution in [0, 0.1) is 10.1 Å². The summed E-state index contributed by atoms with van der Waals surface area (Å²) in [6, 6.07) is 5.47. The minimum Gasteiger partial charge on any atom is -0.368 e. The summed E-state index contributed by atoms with van der Waals surface area (Å²) in [5.41, 5.74) is 6.06. The van der Waals surface area contributed by atoms with Crippen LogP contribution < -0.4 is 10.6 Å². The number of nitro groups is 1. The molecule has 2 heterocycles. The van der Waals surface area contributed by atoms with E-state index in [4.69, 9.17) is 5.73 Å². The Labute approximate surface area is 109 Å². The molecule has 0 aromatic carbocycles. The van der Waals surface area contributed by atoms with Gasteiger partial charge in [0.2, 0.25) is 11.8 Å². The second-order valence-corrected chi connectivity index (χ2v) is 3.87. The molecule has 98 valence electrons. The number of hydrogen-bond donors (Lipinski definition) is 1. The summed E-state index contributed by atoms with van der Waals surface area (Å²) in [5.74, 6) is 0.164. The van der Waals surface area contributed by atoms with Gasteiger partial charge in [0.25, 0.3) is 0 Å². The Morgan fingerprint density at radius 1 is 1.42 bits per heavy atom. The van der Waals surface area contributed by atoms with Crippen LogP contribution in [0.4, 0.5) is 17.5 Å². The second kappa shape index (κ2) is 5.25. The third-order valence-electron chi connectivity index (χ3n) is 2.45. The quantitative estimate of drug-likeness (QED) is 0.644. The molecule has 0 fully saturated rings. The van der Waals surface area contributed by atoms with E-state index in [1.165, 1.54) is 0 Å². The van der Waals surface area contributed by atoms with Crippen molar-refractivity contribution in [3.63, 3.8) is 0 Å². The van der Waals surface area contributed by atoms with Gasteiger partial charge in [-0.1, -0.05) is 6.07 Å². The summed E-state index contributed by atoms with van der Waals surface area (Å²) in [4.78, 5) is 23.7. The Morgan fingerprint density at radius 3 is 2.84 bits per heavy atom. The molecule has 0 aliphatic carbocycles. The molecule has 2 aromatic heterocycles. The Morgan fingerprint density at radius 2 is 2.21 bits per heavy atom. The molecular weight excluding hydrogens is 248 g/mol. The zero-order valence-electron chi connectivity index (χ0n) is 10.2. The van der Waals surface area contributed by atoms with E-state index < -0.39 is 4.92 Å². The van der Waals surface area contributed by atoms with Gasteiger partial charge < -0.3 is 10.6 Å². The first-order valence-electron chi connectivity index (χ1n) is 5.46. The van der Waals surface area contributed by atoms with Crippen LogP contribution in [0.15, 0.2) is 30.6 Å². The Balaban J connectivity index is 2.30. The van der Waals surface area contributed by atoms with Crippen LogP contribution >= 0.6 is 0 Å². The number of hydrogen-bond acceptors (Lipinski definition) is 7. The lowest BCUT2D eigenvalue weighted by atomic mass is 10.3. The van der Waals surface area contributed by atoms with Crippen LogP contribution in [0.1, 0.15) is 5.69 Å². The van der Waals surface area contributed by atoms with Gasteiger partial charge in [-0.25, -0.2) is 4.98 Å². The third-order valence-corrected chi connectivity index (χ3v) is 2.45. The molecule has 0 unspecified atom stereocenters. The number of pyridine rings is 1. The highest BCUT2D eigenvalue weighted by Crippen LogP contribution is 2.25. The normalized spacial score (nSPS) is 10.2. The molecule has 8 heteroatoms. The van der Waals surface area contributed by atoms with Crippen LogP contribution in [0.5, 0.6) is 0 Å². The molecule has 0 aliphatic heterocycles. The van der Waals surface area contributed by atoms with E-state index >= 15 is 0 Å².